The average Bonchev–Trinajstić information content (AvgIpc) is 3.28. The molecule has 1 atom stereocenters. The number of aromatic nitrogens is 5. The van der Waals surface area contributed by atoms with Crippen molar-refractivity contribution in [2.24, 2.45) is 0 Å². The van der Waals surface area contributed by atoms with Gasteiger partial charge in [0.25, 0.3) is 0 Å². The third-order valence-electron chi connectivity index (χ3n) is 4.46. The third-order valence-corrected chi connectivity index (χ3v) is 4.46. The van der Waals surface area contributed by atoms with E-state index >= 15 is 0 Å². The molecule has 4 heterocycles. The molecule has 3 aromatic rings. The lowest BCUT2D eigenvalue weighted by atomic mass is 10.2. The first kappa shape index (κ1) is 16.1. The van der Waals surface area contributed by atoms with Gasteiger partial charge in [0.2, 0.25) is 11.9 Å². The molecular weight excluding hydrogens is 337 g/mol. The maximum Gasteiger partial charge on any atom is 0.246 e. The van der Waals surface area contributed by atoms with Gasteiger partial charge < -0.3 is 10.6 Å². The second-order valence-corrected chi connectivity index (χ2v) is 6.06. The van der Waals surface area contributed by atoms with Crippen molar-refractivity contribution in [3.8, 4) is 11.4 Å². The Labute approximate surface area is 148 Å². The van der Waals surface area contributed by atoms with Crippen LogP contribution in [0.15, 0.2) is 37.2 Å². The number of likely N-dealkylation sites (tertiary alicyclic amines) is 1. The molecule has 2 N–H and O–H groups in total. The Morgan fingerprint density at radius 3 is 2.92 bits per heavy atom. The van der Waals surface area contributed by atoms with Gasteiger partial charge in [0.1, 0.15) is 5.82 Å². The standard InChI is InChI=1S/C17H16FN7O/c1-2-14(26)24-6-5-11(9-24)25-17-12(8-21-25)15(19)22-16(23-17)10-3-4-13(18)20-7-10/h2-4,7-8,11H,1,5-6,9H2,(H2,19,22,23). The minimum Gasteiger partial charge on any atom is -0.383 e. The van der Waals surface area contributed by atoms with E-state index in [-0.39, 0.29) is 17.8 Å². The highest BCUT2D eigenvalue weighted by Gasteiger charge is 2.28. The predicted molar refractivity (Wildman–Crippen MR) is 93.4 cm³/mol. The zero-order chi connectivity index (χ0) is 18.3. The van der Waals surface area contributed by atoms with E-state index in [1.165, 1.54) is 18.3 Å². The molecule has 0 bridgehead atoms. The third kappa shape index (κ3) is 2.67. The van der Waals surface area contributed by atoms with Gasteiger partial charge in [0.05, 0.1) is 17.6 Å². The average molecular weight is 353 g/mol. The lowest BCUT2D eigenvalue weighted by Crippen LogP contribution is -2.27. The second kappa shape index (κ2) is 6.17. The Morgan fingerprint density at radius 1 is 1.35 bits per heavy atom. The molecule has 1 saturated heterocycles. The van der Waals surface area contributed by atoms with Crippen molar-refractivity contribution in [1.82, 2.24) is 29.6 Å². The van der Waals surface area contributed by atoms with Gasteiger partial charge in [-0.2, -0.15) is 9.49 Å². The van der Waals surface area contributed by atoms with Gasteiger partial charge in [0, 0.05) is 24.8 Å². The fourth-order valence-corrected chi connectivity index (χ4v) is 3.12. The SMILES string of the molecule is C=CC(=O)N1CCC(n2ncc3c(N)nc(-c4ccc(F)nc4)nc32)C1. The van der Waals surface area contributed by atoms with E-state index < -0.39 is 5.95 Å². The minimum atomic E-state index is -0.578. The highest BCUT2D eigenvalue weighted by atomic mass is 19.1. The van der Waals surface area contributed by atoms with E-state index in [2.05, 4.69) is 26.6 Å². The number of rotatable bonds is 3. The number of anilines is 1. The summed E-state index contributed by atoms with van der Waals surface area (Å²) in [5.41, 5.74) is 7.19. The first-order valence-corrected chi connectivity index (χ1v) is 8.11. The Bertz CT molecular complexity index is 998. The summed E-state index contributed by atoms with van der Waals surface area (Å²) in [4.78, 5) is 26.0. The van der Waals surface area contributed by atoms with Crippen LogP contribution in [0.4, 0.5) is 10.2 Å². The van der Waals surface area contributed by atoms with Crippen LogP contribution in [0, 0.1) is 5.95 Å². The quantitative estimate of drug-likeness (QED) is 0.566. The summed E-state index contributed by atoms with van der Waals surface area (Å²) in [6.07, 6.45) is 5.04. The van der Waals surface area contributed by atoms with Crippen molar-refractivity contribution < 1.29 is 9.18 Å². The maximum atomic E-state index is 13.1. The molecule has 1 fully saturated rings. The van der Waals surface area contributed by atoms with Crippen molar-refractivity contribution in [2.45, 2.75) is 12.5 Å². The van der Waals surface area contributed by atoms with Crippen LogP contribution in [0.2, 0.25) is 0 Å². The predicted octanol–water partition coefficient (Wildman–Crippen LogP) is 1.57. The Kier molecular flexibility index (Phi) is 3.83. The minimum absolute atomic E-state index is 0.00936. The smallest absolute Gasteiger partial charge is 0.246 e. The Balaban J connectivity index is 1.74. The molecule has 0 aliphatic carbocycles. The molecule has 8 nitrogen and oxygen atoms in total. The van der Waals surface area contributed by atoms with Crippen molar-refractivity contribution in [3.05, 3.63) is 43.1 Å². The van der Waals surface area contributed by atoms with E-state index in [0.717, 1.165) is 6.42 Å². The molecular formula is C17H16FN7O. The fraction of sp³-hybridized carbons (Fsp3) is 0.235. The van der Waals surface area contributed by atoms with Crippen LogP contribution < -0.4 is 5.73 Å². The molecule has 0 saturated carbocycles. The van der Waals surface area contributed by atoms with Crippen molar-refractivity contribution >= 4 is 22.8 Å². The van der Waals surface area contributed by atoms with Crippen LogP contribution in [0.1, 0.15) is 12.5 Å². The summed E-state index contributed by atoms with van der Waals surface area (Å²) in [5, 5.41) is 5.04. The van der Waals surface area contributed by atoms with Crippen molar-refractivity contribution in [1.29, 1.82) is 0 Å². The first-order chi connectivity index (χ1) is 12.6. The monoisotopic (exact) mass is 353 g/mol. The molecule has 26 heavy (non-hydrogen) atoms. The molecule has 0 aromatic carbocycles. The van der Waals surface area contributed by atoms with Gasteiger partial charge in [-0.15, -0.1) is 0 Å². The van der Waals surface area contributed by atoms with Gasteiger partial charge >= 0.3 is 0 Å². The lowest BCUT2D eigenvalue weighted by Gasteiger charge is -2.15. The van der Waals surface area contributed by atoms with Crippen LogP contribution in [0.25, 0.3) is 22.4 Å². The topological polar surface area (TPSA) is 103 Å². The van der Waals surface area contributed by atoms with Crippen LogP contribution in [0.3, 0.4) is 0 Å². The number of nitrogens with two attached hydrogens (primary N) is 1. The molecule has 1 amide bonds. The molecule has 1 unspecified atom stereocenters. The second-order valence-electron chi connectivity index (χ2n) is 6.06. The Morgan fingerprint density at radius 2 is 2.19 bits per heavy atom. The van der Waals surface area contributed by atoms with Gasteiger partial charge in [-0.05, 0) is 24.6 Å². The molecule has 9 heteroatoms. The van der Waals surface area contributed by atoms with Crippen molar-refractivity contribution in [2.75, 3.05) is 18.8 Å². The van der Waals surface area contributed by atoms with Gasteiger partial charge in [0.15, 0.2) is 11.5 Å². The number of fused-ring (bicyclic) bond motifs is 1. The number of hydrogen-bond acceptors (Lipinski definition) is 6. The van der Waals surface area contributed by atoms with Gasteiger partial charge in [-0.3, -0.25) is 4.79 Å². The summed E-state index contributed by atoms with van der Waals surface area (Å²) >= 11 is 0. The Hall–Kier alpha value is -3.36. The molecule has 132 valence electrons. The lowest BCUT2D eigenvalue weighted by molar-refractivity contribution is -0.125. The molecule has 1 aliphatic heterocycles. The fourth-order valence-electron chi connectivity index (χ4n) is 3.12. The normalized spacial score (nSPS) is 17.0. The van der Waals surface area contributed by atoms with E-state index in [1.807, 2.05) is 0 Å². The zero-order valence-electron chi connectivity index (χ0n) is 13.8. The van der Waals surface area contributed by atoms with Crippen LogP contribution in [-0.2, 0) is 4.79 Å². The summed E-state index contributed by atoms with van der Waals surface area (Å²) in [5.74, 6) is -0.0409. The number of carbonyl (C=O) groups is 1. The molecule has 0 spiro atoms. The highest BCUT2D eigenvalue weighted by Crippen LogP contribution is 2.28. The van der Waals surface area contributed by atoms with Gasteiger partial charge in [-0.1, -0.05) is 6.58 Å². The number of hydrogen-bond donors (Lipinski definition) is 1. The first-order valence-electron chi connectivity index (χ1n) is 8.11. The number of nitrogen functional groups attached to an aromatic ring is 1. The van der Waals surface area contributed by atoms with Crippen molar-refractivity contribution in [3.63, 3.8) is 0 Å². The van der Waals surface area contributed by atoms with Crippen LogP contribution >= 0.6 is 0 Å². The number of nitrogens with zero attached hydrogens (tertiary/aromatic N) is 6. The summed E-state index contributed by atoms with van der Waals surface area (Å²) in [6.45, 7) is 4.68. The van der Waals surface area contributed by atoms with E-state index in [9.17, 15) is 9.18 Å². The number of carbonyl (C=O) groups excluding carboxylic acids is 1. The van der Waals surface area contributed by atoms with E-state index in [0.29, 0.717) is 35.5 Å². The summed E-state index contributed by atoms with van der Waals surface area (Å²) in [7, 11) is 0. The highest BCUT2D eigenvalue weighted by molar-refractivity contribution is 5.88. The maximum absolute atomic E-state index is 13.1. The van der Waals surface area contributed by atoms with Crippen LogP contribution in [-0.4, -0.2) is 48.6 Å². The van der Waals surface area contributed by atoms with Crippen LogP contribution in [0.5, 0.6) is 0 Å². The summed E-state index contributed by atoms with van der Waals surface area (Å²) in [6, 6.07) is 2.78. The molecule has 0 radical (unpaired) electrons. The largest absolute Gasteiger partial charge is 0.383 e. The number of halogens is 1. The molecule has 4 rings (SSSR count). The zero-order valence-corrected chi connectivity index (χ0v) is 13.8. The molecule has 1 aliphatic rings. The summed E-state index contributed by atoms with van der Waals surface area (Å²) < 4.78 is 14.8. The number of amides is 1. The molecule has 3 aromatic heterocycles. The number of pyridine rings is 1. The van der Waals surface area contributed by atoms with Gasteiger partial charge in [-0.25, -0.2) is 19.6 Å². The van der Waals surface area contributed by atoms with E-state index in [1.54, 1.807) is 21.8 Å². The van der Waals surface area contributed by atoms with E-state index in [4.69, 9.17) is 5.73 Å².